The number of aryl methyl sites for hydroxylation is 2. The molecule has 3 aromatic rings. The topological polar surface area (TPSA) is 88.9 Å². The summed E-state index contributed by atoms with van der Waals surface area (Å²) in [5, 5.41) is 15.3. The predicted molar refractivity (Wildman–Crippen MR) is 131 cm³/mol. The summed E-state index contributed by atoms with van der Waals surface area (Å²) in [7, 11) is 1.81. The largest absolute Gasteiger partial charge is 0.342 e. The van der Waals surface area contributed by atoms with E-state index in [0.29, 0.717) is 21.6 Å². The highest BCUT2D eigenvalue weighted by molar-refractivity contribution is 9.10. The zero-order valence-corrected chi connectivity index (χ0v) is 21.2. The first-order valence-corrected chi connectivity index (χ1v) is 12.0. The first-order valence-electron chi connectivity index (χ1n) is 9.80. The van der Waals surface area contributed by atoms with Gasteiger partial charge in [0, 0.05) is 22.1 Å². The monoisotopic (exact) mass is 535 g/mol. The van der Waals surface area contributed by atoms with Gasteiger partial charge >= 0.3 is 0 Å². The number of nitrogens with one attached hydrogen (secondary N) is 2. The van der Waals surface area contributed by atoms with Crippen molar-refractivity contribution >= 4 is 56.8 Å². The number of carbonyl (C=O) groups is 2. The summed E-state index contributed by atoms with van der Waals surface area (Å²) >= 11 is 10.6. The van der Waals surface area contributed by atoms with Crippen LogP contribution in [0.15, 0.2) is 46.0 Å². The molecule has 0 aliphatic rings. The molecule has 10 heteroatoms. The van der Waals surface area contributed by atoms with Crippen LogP contribution in [-0.4, -0.2) is 32.3 Å². The fourth-order valence-electron chi connectivity index (χ4n) is 2.97. The number of carbonyl (C=O) groups excluding carboxylic acids is 2. The maximum Gasteiger partial charge on any atom is 0.251 e. The number of nitrogens with zero attached hydrogens (tertiary/aromatic N) is 3. The summed E-state index contributed by atoms with van der Waals surface area (Å²) in [6, 6.07) is 10.2. The van der Waals surface area contributed by atoms with Crippen LogP contribution in [0.25, 0.3) is 0 Å². The van der Waals surface area contributed by atoms with Gasteiger partial charge in [0.2, 0.25) is 5.91 Å². The van der Waals surface area contributed by atoms with Gasteiger partial charge in [0.15, 0.2) is 11.0 Å². The minimum absolute atomic E-state index is 0.146. The lowest BCUT2D eigenvalue weighted by Crippen LogP contribution is -2.28. The molecule has 0 saturated heterocycles. The molecule has 32 heavy (non-hydrogen) atoms. The molecule has 0 radical (unpaired) electrons. The molecule has 0 spiro atoms. The summed E-state index contributed by atoms with van der Waals surface area (Å²) < 4.78 is 2.61. The predicted octanol–water partition coefficient (Wildman–Crippen LogP) is 5.07. The zero-order chi connectivity index (χ0) is 23.4. The van der Waals surface area contributed by atoms with Crippen molar-refractivity contribution in [2.45, 2.75) is 32.0 Å². The Bertz CT molecular complexity index is 1150. The first-order chi connectivity index (χ1) is 15.2. The maximum absolute atomic E-state index is 12.4. The Kier molecular flexibility index (Phi) is 7.97. The molecule has 0 aliphatic carbocycles. The van der Waals surface area contributed by atoms with Gasteiger partial charge in [-0.3, -0.25) is 9.59 Å². The summed E-state index contributed by atoms with van der Waals surface area (Å²) in [5.41, 5.74) is 3.49. The normalized spacial score (nSPS) is 11.8. The van der Waals surface area contributed by atoms with Gasteiger partial charge in [0.25, 0.3) is 5.91 Å². The second kappa shape index (κ2) is 10.5. The number of benzene rings is 2. The van der Waals surface area contributed by atoms with E-state index >= 15 is 0 Å². The highest BCUT2D eigenvalue weighted by Gasteiger charge is 2.19. The average molecular weight is 537 g/mol. The van der Waals surface area contributed by atoms with E-state index in [1.165, 1.54) is 11.8 Å². The van der Waals surface area contributed by atoms with Crippen molar-refractivity contribution in [1.82, 2.24) is 20.1 Å². The fourth-order valence-corrected chi connectivity index (χ4v) is 4.37. The lowest BCUT2D eigenvalue weighted by Gasteiger charge is -2.14. The van der Waals surface area contributed by atoms with Crippen LogP contribution in [0.5, 0.6) is 0 Å². The lowest BCUT2D eigenvalue weighted by atomic mass is 10.1. The van der Waals surface area contributed by atoms with Crippen LogP contribution in [-0.2, 0) is 11.8 Å². The van der Waals surface area contributed by atoms with Crippen LogP contribution in [0.3, 0.4) is 0 Å². The Labute approximate surface area is 204 Å². The van der Waals surface area contributed by atoms with E-state index in [-0.39, 0.29) is 23.6 Å². The minimum atomic E-state index is -0.370. The summed E-state index contributed by atoms with van der Waals surface area (Å²) in [6.07, 6.45) is 0. The van der Waals surface area contributed by atoms with Gasteiger partial charge in [-0.2, -0.15) is 0 Å². The summed E-state index contributed by atoms with van der Waals surface area (Å²) in [5.74, 6) is 0.390. The van der Waals surface area contributed by atoms with E-state index in [1.54, 1.807) is 35.9 Å². The van der Waals surface area contributed by atoms with Crippen LogP contribution in [0.4, 0.5) is 5.69 Å². The van der Waals surface area contributed by atoms with Crippen molar-refractivity contribution < 1.29 is 9.59 Å². The van der Waals surface area contributed by atoms with Gasteiger partial charge in [0.05, 0.1) is 17.5 Å². The van der Waals surface area contributed by atoms with E-state index in [9.17, 15) is 9.59 Å². The van der Waals surface area contributed by atoms with Crippen LogP contribution in [0.1, 0.15) is 40.3 Å². The molecule has 0 unspecified atom stereocenters. The van der Waals surface area contributed by atoms with Gasteiger partial charge < -0.3 is 15.2 Å². The van der Waals surface area contributed by atoms with Crippen LogP contribution in [0.2, 0.25) is 5.02 Å². The van der Waals surface area contributed by atoms with Crippen LogP contribution < -0.4 is 10.6 Å². The van der Waals surface area contributed by atoms with E-state index in [0.717, 1.165) is 21.3 Å². The van der Waals surface area contributed by atoms with Crippen LogP contribution >= 0.6 is 39.3 Å². The number of rotatable bonds is 7. The van der Waals surface area contributed by atoms with Crippen molar-refractivity contribution in [3.63, 3.8) is 0 Å². The van der Waals surface area contributed by atoms with Gasteiger partial charge in [0.1, 0.15) is 0 Å². The van der Waals surface area contributed by atoms with Crippen molar-refractivity contribution in [3.05, 3.63) is 68.4 Å². The van der Waals surface area contributed by atoms with Crippen molar-refractivity contribution in [2.75, 3.05) is 11.1 Å². The highest BCUT2D eigenvalue weighted by atomic mass is 79.9. The number of anilines is 1. The third-order valence-corrected chi connectivity index (χ3v) is 6.83. The second-order valence-corrected chi connectivity index (χ2v) is 9.59. The van der Waals surface area contributed by atoms with E-state index in [1.807, 2.05) is 32.9 Å². The molecule has 7 nitrogen and oxygen atoms in total. The maximum atomic E-state index is 12.4. The van der Waals surface area contributed by atoms with Gasteiger partial charge in [-0.1, -0.05) is 23.4 Å². The molecule has 0 saturated carbocycles. The number of thioether (sulfide) groups is 1. The quantitative estimate of drug-likeness (QED) is 0.412. The molecule has 0 fully saturated rings. The standard InChI is InChI=1S/C22H23BrClN5O2S/c1-12-9-17(23)18(10-13(12)2)26-19(30)11-32-22-28-27-20(29(22)4)14(3)25-21(31)15-5-7-16(24)8-6-15/h5-10,14H,11H2,1-4H3,(H,25,31)(H,26,30)/t14-/m1/s1. The van der Waals surface area contributed by atoms with Gasteiger partial charge in [-0.15, -0.1) is 10.2 Å². The third-order valence-electron chi connectivity index (χ3n) is 4.90. The molecule has 2 amide bonds. The Morgan fingerprint density at radius 1 is 1.16 bits per heavy atom. The van der Waals surface area contributed by atoms with Crippen molar-refractivity contribution in [1.29, 1.82) is 0 Å². The number of hydrogen-bond acceptors (Lipinski definition) is 5. The molecule has 0 aliphatic heterocycles. The Morgan fingerprint density at radius 3 is 2.50 bits per heavy atom. The SMILES string of the molecule is Cc1cc(Br)c(NC(=O)CSc2nnc([C@@H](C)NC(=O)c3ccc(Cl)cc3)n2C)cc1C. The zero-order valence-electron chi connectivity index (χ0n) is 18.1. The van der Waals surface area contributed by atoms with Gasteiger partial charge in [-0.25, -0.2) is 0 Å². The van der Waals surface area contributed by atoms with E-state index < -0.39 is 0 Å². The van der Waals surface area contributed by atoms with Crippen molar-refractivity contribution in [2.24, 2.45) is 7.05 Å². The fraction of sp³-hybridized carbons (Fsp3) is 0.273. The Balaban J connectivity index is 1.59. The lowest BCUT2D eigenvalue weighted by molar-refractivity contribution is -0.113. The van der Waals surface area contributed by atoms with Crippen molar-refractivity contribution in [3.8, 4) is 0 Å². The summed E-state index contributed by atoms with van der Waals surface area (Å²) in [4.78, 5) is 24.9. The van der Waals surface area contributed by atoms with Crippen LogP contribution in [0, 0.1) is 13.8 Å². The molecule has 3 rings (SSSR count). The third kappa shape index (κ3) is 5.90. The molecule has 1 aromatic heterocycles. The Morgan fingerprint density at radius 2 is 1.81 bits per heavy atom. The number of halogens is 2. The van der Waals surface area contributed by atoms with Gasteiger partial charge in [-0.05, 0) is 84.2 Å². The molecular formula is C22H23BrClN5O2S. The summed E-state index contributed by atoms with van der Waals surface area (Å²) in [6.45, 7) is 5.85. The number of amides is 2. The first kappa shape index (κ1) is 24.3. The van der Waals surface area contributed by atoms with E-state index in [2.05, 4.69) is 36.8 Å². The average Bonchev–Trinajstić information content (AvgIpc) is 3.11. The molecule has 0 bridgehead atoms. The number of aromatic nitrogens is 3. The number of hydrogen-bond donors (Lipinski definition) is 2. The Hall–Kier alpha value is -2.36. The second-order valence-electron chi connectivity index (χ2n) is 7.35. The molecule has 1 heterocycles. The molecule has 168 valence electrons. The molecule has 1 atom stereocenters. The minimum Gasteiger partial charge on any atom is -0.342 e. The molecule has 2 N–H and O–H groups in total. The smallest absolute Gasteiger partial charge is 0.251 e. The van der Waals surface area contributed by atoms with E-state index in [4.69, 9.17) is 11.6 Å². The molecular weight excluding hydrogens is 514 g/mol. The highest BCUT2D eigenvalue weighted by Crippen LogP contribution is 2.27. The molecule has 2 aromatic carbocycles.